The molecule has 0 saturated carbocycles. The molecule has 1 aromatic rings. The van der Waals surface area contributed by atoms with Crippen LogP contribution in [-0.4, -0.2) is 13.2 Å². The van der Waals surface area contributed by atoms with Crippen LogP contribution in [0.3, 0.4) is 0 Å². The van der Waals surface area contributed by atoms with Crippen molar-refractivity contribution in [2.24, 2.45) is 0 Å². The predicted molar refractivity (Wildman–Crippen MR) is 58.5 cm³/mol. The molecule has 1 heterocycles. The highest BCUT2D eigenvalue weighted by atomic mass is 127. The Bertz CT molecular complexity index is 348. The third-order valence-electron chi connectivity index (χ3n) is 2.21. The highest BCUT2D eigenvalue weighted by molar-refractivity contribution is 14.1. The maximum atomic E-state index is 13.7. The summed E-state index contributed by atoms with van der Waals surface area (Å²) in [5, 5.41) is 0. The average Bonchev–Trinajstić information content (AvgIpc) is 2.65. The average molecular weight is 308 g/mol. The van der Waals surface area contributed by atoms with Gasteiger partial charge in [0.05, 0.1) is 13.2 Å². The number of hydrogen-bond acceptors (Lipinski definition) is 2. The first-order valence-electron chi connectivity index (χ1n) is 4.38. The van der Waals surface area contributed by atoms with E-state index in [0.29, 0.717) is 22.3 Å². The van der Waals surface area contributed by atoms with Crippen LogP contribution < -0.4 is 0 Å². The summed E-state index contributed by atoms with van der Waals surface area (Å²) in [6.45, 7) is 2.93. The number of halogens is 2. The Hall–Kier alpha value is -0.200. The normalized spacial score (nSPS) is 17.6. The van der Waals surface area contributed by atoms with Crippen molar-refractivity contribution in [3.63, 3.8) is 0 Å². The molecule has 0 unspecified atom stereocenters. The largest absolute Gasteiger partial charge is 0.346 e. The summed E-state index contributed by atoms with van der Waals surface area (Å²) in [7, 11) is 0. The molecule has 0 spiro atoms. The van der Waals surface area contributed by atoms with Gasteiger partial charge in [0.2, 0.25) is 0 Å². The first kappa shape index (κ1) is 10.3. The second-order valence-electron chi connectivity index (χ2n) is 3.17. The maximum absolute atomic E-state index is 13.7. The Labute approximate surface area is 95.5 Å². The molecule has 14 heavy (non-hydrogen) atoms. The molecular weight excluding hydrogens is 298 g/mol. The molecule has 1 aromatic carbocycles. The third kappa shape index (κ3) is 1.78. The van der Waals surface area contributed by atoms with E-state index < -0.39 is 6.29 Å². The van der Waals surface area contributed by atoms with Crippen LogP contribution in [0.1, 0.15) is 17.4 Å². The molecule has 0 N–H and O–H groups in total. The van der Waals surface area contributed by atoms with E-state index >= 15 is 0 Å². The van der Waals surface area contributed by atoms with Gasteiger partial charge in [-0.05, 0) is 41.1 Å². The van der Waals surface area contributed by atoms with Gasteiger partial charge in [-0.3, -0.25) is 0 Å². The fourth-order valence-corrected chi connectivity index (χ4v) is 1.95. The first-order valence-corrected chi connectivity index (χ1v) is 5.45. The number of rotatable bonds is 1. The smallest absolute Gasteiger partial charge is 0.187 e. The van der Waals surface area contributed by atoms with E-state index in [0.717, 1.165) is 5.56 Å². The van der Waals surface area contributed by atoms with Gasteiger partial charge in [0.15, 0.2) is 6.29 Å². The van der Waals surface area contributed by atoms with Crippen molar-refractivity contribution in [2.75, 3.05) is 13.2 Å². The fraction of sp³-hybridized carbons (Fsp3) is 0.400. The number of hydrogen-bond donors (Lipinski definition) is 0. The minimum absolute atomic E-state index is 0.225. The summed E-state index contributed by atoms with van der Waals surface area (Å²) in [6, 6.07) is 3.63. The summed E-state index contributed by atoms with van der Waals surface area (Å²) in [6.07, 6.45) is -0.523. The zero-order valence-electron chi connectivity index (χ0n) is 7.72. The lowest BCUT2D eigenvalue weighted by Gasteiger charge is -2.14. The first-order chi connectivity index (χ1) is 6.70. The van der Waals surface area contributed by atoms with Gasteiger partial charge < -0.3 is 9.47 Å². The summed E-state index contributed by atoms with van der Waals surface area (Å²) in [4.78, 5) is 0. The van der Waals surface area contributed by atoms with E-state index in [2.05, 4.69) is 0 Å². The van der Waals surface area contributed by atoms with Crippen molar-refractivity contribution in [3.05, 3.63) is 32.6 Å². The lowest BCUT2D eigenvalue weighted by Crippen LogP contribution is -2.05. The van der Waals surface area contributed by atoms with Crippen molar-refractivity contribution in [1.29, 1.82) is 0 Å². The summed E-state index contributed by atoms with van der Waals surface area (Å²) >= 11 is 1.97. The van der Waals surface area contributed by atoms with Crippen LogP contribution in [0.15, 0.2) is 12.1 Å². The summed E-state index contributed by atoms with van der Waals surface area (Å²) in [5.41, 5.74) is 1.41. The second-order valence-corrected chi connectivity index (χ2v) is 4.33. The molecule has 0 aromatic heterocycles. The Balaban J connectivity index is 2.44. The molecule has 2 rings (SSSR count). The van der Waals surface area contributed by atoms with Crippen LogP contribution in [0.5, 0.6) is 0 Å². The Morgan fingerprint density at radius 1 is 1.36 bits per heavy atom. The molecule has 2 nitrogen and oxygen atoms in total. The molecule has 4 heteroatoms. The van der Waals surface area contributed by atoms with Crippen molar-refractivity contribution >= 4 is 22.6 Å². The number of benzene rings is 1. The molecule has 0 bridgehead atoms. The van der Waals surface area contributed by atoms with Gasteiger partial charge in [-0.15, -0.1) is 0 Å². The molecule has 76 valence electrons. The van der Waals surface area contributed by atoms with Crippen LogP contribution in [0, 0.1) is 16.3 Å². The quantitative estimate of drug-likeness (QED) is 0.743. The van der Waals surface area contributed by atoms with Gasteiger partial charge in [-0.2, -0.15) is 0 Å². The zero-order valence-corrected chi connectivity index (χ0v) is 9.88. The number of aryl methyl sites for hydroxylation is 1. The van der Waals surface area contributed by atoms with E-state index in [9.17, 15) is 4.39 Å². The fourth-order valence-electron chi connectivity index (χ4n) is 1.48. The monoisotopic (exact) mass is 308 g/mol. The van der Waals surface area contributed by atoms with Crippen LogP contribution in [0.2, 0.25) is 0 Å². The van der Waals surface area contributed by atoms with Gasteiger partial charge in [0, 0.05) is 9.13 Å². The molecule has 0 radical (unpaired) electrons. The molecule has 0 atom stereocenters. The molecule has 1 aliphatic heterocycles. The highest BCUT2D eigenvalue weighted by Gasteiger charge is 2.24. The molecule has 0 aliphatic carbocycles. The lowest BCUT2D eigenvalue weighted by atomic mass is 10.1. The molecular formula is C10H10FIO2. The van der Waals surface area contributed by atoms with E-state index in [1.165, 1.54) is 0 Å². The van der Waals surface area contributed by atoms with Gasteiger partial charge in [-0.25, -0.2) is 4.39 Å². The second kappa shape index (κ2) is 4.12. The Morgan fingerprint density at radius 2 is 2.00 bits per heavy atom. The minimum atomic E-state index is -0.523. The van der Waals surface area contributed by atoms with Crippen molar-refractivity contribution < 1.29 is 13.9 Å². The predicted octanol–water partition coefficient (Wildman–Crippen LogP) is 2.78. The molecule has 1 fully saturated rings. The van der Waals surface area contributed by atoms with Gasteiger partial charge in [-0.1, -0.05) is 6.07 Å². The Morgan fingerprint density at radius 3 is 2.64 bits per heavy atom. The zero-order chi connectivity index (χ0) is 10.1. The minimum Gasteiger partial charge on any atom is -0.346 e. The van der Waals surface area contributed by atoms with Crippen LogP contribution in [-0.2, 0) is 9.47 Å². The van der Waals surface area contributed by atoms with Crippen LogP contribution in [0.4, 0.5) is 4.39 Å². The summed E-state index contributed by atoms with van der Waals surface area (Å²) < 4.78 is 24.9. The standard InChI is InChI=1S/C10H10FIO2/c1-6-2-3-7(12)9(11)8(6)10-13-4-5-14-10/h2-3,10H,4-5H2,1H3. The third-order valence-corrected chi connectivity index (χ3v) is 3.04. The van der Waals surface area contributed by atoms with E-state index in [1.807, 2.05) is 35.6 Å². The van der Waals surface area contributed by atoms with E-state index in [1.54, 1.807) is 6.07 Å². The van der Waals surface area contributed by atoms with E-state index in [4.69, 9.17) is 9.47 Å². The van der Waals surface area contributed by atoms with E-state index in [-0.39, 0.29) is 5.82 Å². The van der Waals surface area contributed by atoms with Crippen molar-refractivity contribution in [2.45, 2.75) is 13.2 Å². The van der Waals surface area contributed by atoms with Crippen LogP contribution >= 0.6 is 22.6 Å². The SMILES string of the molecule is Cc1ccc(I)c(F)c1C1OCCO1. The van der Waals surface area contributed by atoms with Gasteiger partial charge in [0.1, 0.15) is 5.82 Å². The maximum Gasteiger partial charge on any atom is 0.187 e. The molecule has 1 aliphatic rings. The lowest BCUT2D eigenvalue weighted by molar-refractivity contribution is -0.0470. The topological polar surface area (TPSA) is 18.5 Å². The summed E-state index contributed by atoms with van der Waals surface area (Å²) in [5.74, 6) is -0.225. The molecule has 1 saturated heterocycles. The highest BCUT2D eigenvalue weighted by Crippen LogP contribution is 2.30. The van der Waals surface area contributed by atoms with Crippen molar-refractivity contribution in [1.82, 2.24) is 0 Å². The Kier molecular flexibility index (Phi) is 3.04. The van der Waals surface area contributed by atoms with Crippen molar-refractivity contribution in [3.8, 4) is 0 Å². The molecule has 0 amide bonds. The van der Waals surface area contributed by atoms with Gasteiger partial charge >= 0.3 is 0 Å². The number of ether oxygens (including phenoxy) is 2. The van der Waals surface area contributed by atoms with Crippen LogP contribution in [0.25, 0.3) is 0 Å². The van der Waals surface area contributed by atoms with Gasteiger partial charge in [0.25, 0.3) is 0 Å².